The quantitative estimate of drug-likeness (QED) is 0.0561. The number of nitrogens with one attached hydrogen (secondary N) is 2. The molecule has 1 aliphatic carbocycles. The van der Waals surface area contributed by atoms with Crippen LogP contribution in [0.2, 0.25) is 0 Å². The normalized spacial score (nSPS) is 14.2. The van der Waals surface area contributed by atoms with Gasteiger partial charge in [0.05, 0.1) is 27.9 Å². The van der Waals surface area contributed by atoms with E-state index >= 15 is 0 Å². The molecular formula is C42H46ClN3O12S2. The van der Waals surface area contributed by atoms with Crippen LogP contribution in [0.25, 0.3) is 17.2 Å². The summed E-state index contributed by atoms with van der Waals surface area (Å²) in [5.41, 5.74) is 10.4. The number of benzene rings is 4. The summed E-state index contributed by atoms with van der Waals surface area (Å²) in [4.78, 5) is 35.9. The number of carbonyl (C=O) groups excluding carboxylic acids is 3. The van der Waals surface area contributed by atoms with Gasteiger partial charge in [-0.3, -0.25) is 4.79 Å². The van der Waals surface area contributed by atoms with Crippen molar-refractivity contribution in [3.63, 3.8) is 0 Å². The molecule has 1 aliphatic heterocycles. The lowest BCUT2D eigenvalue weighted by molar-refractivity contribution is -0.145. The number of hydrogen-bond acceptors (Lipinski definition) is 13. The van der Waals surface area contributed by atoms with Crippen molar-refractivity contribution in [3.8, 4) is 16.9 Å². The SMILES string of the molecule is CC(C)(C)OC(=O)NCC(N)C(=O)OCC1c2ccccc2-c2ccccc21.O=C(NCCOCCOc1ccc(S(=O)(=O)Cl)cc1)OCC1=Cc2ccccc2S1(=O)=O. The van der Waals surface area contributed by atoms with Gasteiger partial charge in [-0.05, 0) is 85.0 Å². The number of amides is 2. The van der Waals surface area contributed by atoms with Crippen molar-refractivity contribution in [2.45, 2.75) is 48.1 Å². The summed E-state index contributed by atoms with van der Waals surface area (Å²) >= 11 is 0. The van der Waals surface area contributed by atoms with Crippen molar-refractivity contribution in [2.75, 3.05) is 46.1 Å². The Bertz CT molecular complexity index is 2370. The van der Waals surface area contributed by atoms with E-state index in [1.54, 1.807) is 39.0 Å². The Kier molecular flexibility index (Phi) is 15.4. The molecule has 0 spiro atoms. The molecule has 4 aromatic carbocycles. The number of carbonyl (C=O) groups is 3. The Labute approximate surface area is 353 Å². The van der Waals surface area contributed by atoms with Gasteiger partial charge in [-0.2, -0.15) is 0 Å². The molecule has 0 aromatic heterocycles. The monoisotopic (exact) mass is 883 g/mol. The fourth-order valence-corrected chi connectivity index (χ4v) is 8.33. The van der Waals surface area contributed by atoms with Gasteiger partial charge in [0.25, 0.3) is 9.05 Å². The summed E-state index contributed by atoms with van der Waals surface area (Å²) in [7, 11) is -2.17. The Balaban J connectivity index is 0.000000230. The summed E-state index contributed by atoms with van der Waals surface area (Å²) in [6, 6.07) is 27.4. The van der Waals surface area contributed by atoms with Crippen LogP contribution in [0.4, 0.5) is 9.59 Å². The smallest absolute Gasteiger partial charge is 0.407 e. The lowest BCUT2D eigenvalue weighted by Crippen LogP contribution is -2.45. The van der Waals surface area contributed by atoms with Crippen molar-refractivity contribution in [1.29, 1.82) is 0 Å². The number of nitrogens with two attached hydrogens (primary N) is 1. The molecule has 0 saturated carbocycles. The van der Waals surface area contributed by atoms with E-state index < -0.39 is 48.7 Å². The topological polar surface area (TPSA) is 216 Å². The molecule has 2 aliphatic rings. The highest BCUT2D eigenvalue weighted by Gasteiger charge is 2.31. The number of esters is 1. The molecule has 4 N–H and O–H groups in total. The maximum absolute atomic E-state index is 12.4. The molecule has 2 amide bonds. The molecule has 0 fully saturated rings. The summed E-state index contributed by atoms with van der Waals surface area (Å²) in [5, 5.41) is 4.96. The Hall–Kier alpha value is -5.46. The third-order valence-corrected chi connectivity index (χ3v) is 12.1. The Morgan fingerprint density at radius 3 is 2.03 bits per heavy atom. The minimum Gasteiger partial charge on any atom is -0.491 e. The number of alkyl carbamates (subject to hydrolysis) is 2. The van der Waals surface area contributed by atoms with Crippen molar-refractivity contribution in [1.82, 2.24) is 10.6 Å². The van der Waals surface area contributed by atoms with Crippen molar-refractivity contribution >= 4 is 53.8 Å². The first-order valence-electron chi connectivity index (χ1n) is 18.7. The number of halogens is 1. The molecular weight excluding hydrogens is 838 g/mol. The number of hydrogen-bond donors (Lipinski definition) is 3. The van der Waals surface area contributed by atoms with E-state index in [4.69, 9.17) is 40.1 Å². The third-order valence-electron chi connectivity index (χ3n) is 8.86. The van der Waals surface area contributed by atoms with E-state index in [2.05, 4.69) is 34.9 Å². The summed E-state index contributed by atoms with van der Waals surface area (Å²) in [6.07, 6.45) is 0.115. The number of ether oxygens (including phenoxy) is 5. The molecule has 0 saturated heterocycles. The minimum absolute atomic E-state index is 0.0212. The van der Waals surface area contributed by atoms with Gasteiger partial charge >= 0.3 is 18.2 Å². The predicted octanol–water partition coefficient (Wildman–Crippen LogP) is 5.76. The zero-order valence-corrected chi connectivity index (χ0v) is 35.5. The van der Waals surface area contributed by atoms with Crippen LogP contribution >= 0.6 is 10.7 Å². The van der Waals surface area contributed by atoms with Gasteiger partial charge in [0.15, 0.2) is 0 Å². The molecule has 15 nitrogen and oxygen atoms in total. The first kappa shape index (κ1) is 45.6. The second-order valence-electron chi connectivity index (χ2n) is 14.4. The average Bonchev–Trinajstić information content (AvgIpc) is 3.67. The predicted molar refractivity (Wildman–Crippen MR) is 224 cm³/mol. The Morgan fingerprint density at radius 2 is 1.42 bits per heavy atom. The highest BCUT2D eigenvalue weighted by atomic mass is 35.7. The average molecular weight is 884 g/mol. The molecule has 1 heterocycles. The van der Waals surface area contributed by atoms with Gasteiger partial charge in [0.1, 0.15) is 37.2 Å². The van der Waals surface area contributed by atoms with Crippen LogP contribution in [0.5, 0.6) is 5.75 Å². The van der Waals surface area contributed by atoms with E-state index in [1.807, 2.05) is 24.3 Å². The molecule has 6 rings (SSSR count). The van der Waals surface area contributed by atoms with Crippen molar-refractivity contribution in [2.24, 2.45) is 5.73 Å². The zero-order valence-electron chi connectivity index (χ0n) is 33.1. The fraction of sp³-hybridized carbons (Fsp3) is 0.310. The minimum atomic E-state index is -3.78. The fourth-order valence-electron chi connectivity index (χ4n) is 6.09. The van der Waals surface area contributed by atoms with E-state index in [-0.39, 0.29) is 66.7 Å². The van der Waals surface area contributed by atoms with Crippen LogP contribution in [0.3, 0.4) is 0 Å². The van der Waals surface area contributed by atoms with Gasteiger partial charge in [-0.25, -0.2) is 26.4 Å². The molecule has 0 radical (unpaired) electrons. The highest BCUT2D eigenvalue weighted by Crippen LogP contribution is 2.44. The van der Waals surface area contributed by atoms with Gasteiger partial charge in [-0.15, -0.1) is 0 Å². The van der Waals surface area contributed by atoms with Crippen LogP contribution < -0.4 is 21.1 Å². The molecule has 1 atom stereocenters. The summed E-state index contributed by atoms with van der Waals surface area (Å²) < 4.78 is 73.4. The molecule has 60 heavy (non-hydrogen) atoms. The van der Waals surface area contributed by atoms with Crippen LogP contribution in [-0.2, 0) is 42.6 Å². The molecule has 320 valence electrons. The number of fused-ring (bicyclic) bond motifs is 4. The standard InChI is InChI=1S/C22H26N2O4.C20H20ClNO8S2/c1-22(2,3)28-21(26)24-12-19(23)20(25)27-13-18-16-10-6-4-8-14(16)15-9-5-7-11-17(15)18;21-32(26,27)17-7-5-16(6-8-17)29-12-11-28-10-9-22-20(23)30-14-18-13-15-3-1-2-4-19(15)31(18,24)25/h4-11,18-19H,12-13,23H2,1-3H3,(H,24,26);1-8,13H,9-12,14H2,(H,22,23). The second kappa shape index (κ2) is 20.2. The first-order valence-corrected chi connectivity index (χ1v) is 22.5. The Morgan fingerprint density at radius 1 is 0.800 bits per heavy atom. The lowest BCUT2D eigenvalue weighted by Gasteiger charge is -2.21. The van der Waals surface area contributed by atoms with Crippen LogP contribution in [0.15, 0.2) is 112 Å². The summed E-state index contributed by atoms with van der Waals surface area (Å²) in [6.45, 7) is 5.87. The molecule has 18 heteroatoms. The molecule has 0 bridgehead atoms. The maximum Gasteiger partial charge on any atom is 0.407 e. The van der Waals surface area contributed by atoms with E-state index in [1.165, 1.54) is 36.4 Å². The molecule has 1 unspecified atom stereocenters. The van der Waals surface area contributed by atoms with E-state index in [0.29, 0.717) is 11.3 Å². The van der Waals surface area contributed by atoms with Gasteiger partial charge in [0, 0.05) is 29.7 Å². The van der Waals surface area contributed by atoms with Gasteiger partial charge < -0.3 is 40.1 Å². The number of sulfone groups is 1. The zero-order chi connectivity index (χ0) is 43.5. The number of rotatable bonds is 15. The highest BCUT2D eigenvalue weighted by molar-refractivity contribution is 8.13. The van der Waals surface area contributed by atoms with Crippen LogP contribution in [0.1, 0.15) is 43.4 Å². The third kappa shape index (κ3) is 12.5. The van der Waals surface area contributed by atoms with Gasteiger partial charge in [0.2, 0.25) is 9.84 Å². The lowest BCUT2D eigenvalue weighted by atomic mass is 9.98. The first-order chi connectivity index (χ1) is 28.4. The second-order valence-corrected chi connectivity index (χ2v) is 18.9. The van der Waals surface area contributed by atoms with Crippen molar-refractivity contribution in [3.05, 3.63) is 119 Å². The van der Waals surface area contributed by atoms with Crippen LogP contribution in [-0.4, -0.2) is 92.8 Å². The maximum atomic E-state index is 12.4. The summed E-state index contributed by atoms with van der Waals surface area (Å²) in [5.74, 6) is -0.127. The largest absolute Gasteiger partial charge is 0.491 e. The molecule has 4 aromatic rings. The van der Waals surface area contributed by atoms with E-state index in [9.17, 15) is 31.2 Å². The van der Waals surface area contributed by atoms with E-state index in [0.717, 1.165) is 22.3 Å². The van der Waals surface area contributed by atoms with Crippen molar-refractivity contribution < 1.29 is 54.9 Å². The van der Waals surface area contributed by atoms with Gasteiger partial charge in [-0.1, -0.05) is 66.7 Å². The van der Waals surface area contributed by atoms with Crippen LogP contribution in [0, 0.1) is 0 Å².